The molecule has 0 bridgehead atoms. The Balaban J connectivity index is 1.94. The van der Waals surface area contributed by atoms with Crippen LogP contribution < -0.4 is 27.7 Å². The van der Waals surface area contributed by atoms with Crippen molar-refractivity contribution in [1.82, 2.24) is 9.24 Å². The summed E-state index contributed by atoms with van der Waals surface area (Å²) in [5.74, 6) is 0.0105. The van der Waals surface area contributed by atoms with Gasteiger partial charge in [-0.15, -0.1) is 0 Å². The van der Waals surface area contributed by atoms with Crippen LogP contribution in [0.3, 0.4) is 0 Å². The average Bonchev–Trinajstić information content (AvgIpc) is 3.44. The van der Waals surface area contributed by atoms with E-state index < -0.39 is 41.4 Å². The van der Waals surface area contributed by atoms with E-state index in [9.17, 15) is 22.8 Å². The summed E-state index contributed by atoms with van der Waals surface area (Å²) < 4.78 is 45.8. The number of hydrogen-bond acceptors (Lipinski definition) is 5. The number of nitrogens with two attached hydrogens (primary N) is 2. The Kier molecular flexibility index (Phi) is 4.62. The normalized spacial score (nSPS) is 22.4. The fourth-order valence-corrected chi connectivity index (χ4v) is 4.53. The summed E-state index contributed by atoms with van der Waals surface area (Å²) in [4.78, 5) is 26.1. The molecule has 1 saturated heterocycles. The Hall–Kier alpha value is -2.20. The van der Waals surface area contributed by atoms with Crippen molar-refractivity contribution in [2.45, 2.75) is 31.7 Å². The third-order valence-electron chi connectivity index (χ3n) is 5.92. The van der Waals surface area contributed by atoms with E-state index in [-0.39, 0.29) is 40.7 Å². The minimum absolute atomic E-state index is 0.0286. The minimum Gasteiger partial charge on any atom is -0.361 e. The predicted octanol–water partition coefficient (Wildman–Crippen LogP) is 1.67. The SMILES string of the molecule is CC(CN)C1CN(c2c(F)cc3c(=O)n(N)c(=O)n(C4CC4)c3c2Cl)CC1(F)F. The number of nitrogens with zero attached hydrogens (tertiary/aromatic N) is 3. The minimum atomic E-state index is -3.08. The molecule has 2 fully saturated rings. The number of fused-ring (bicyclic) bond motifs is 1. The highest BCUT2D eigenvalue weighted by Gasteiger charge is 2.51. The average molecular weight is 432 g/mol. The quantitative estimate of drug-likeness (QED) is 0.717. The maximum atomic E-state index is 15.0. The lowest BCUT2D eigenvalue weighted by Crippen LogP contribution is -2.44. The van der Waals surface area contributed by atoms with E-state index in [1.807, 2.05) is 0 Å². The monoisotopic (exact) mass is 431 g/mol. The number of nitrogen functional groups attached to an aromatic ring is 1. The van der Waals surface area contributed by atoms with Crippen LogP contribution >= 0.6 is 11.6 Å². The highest BCUT2D eigenvalue weighted by atomic mass is 35.5. The topological polar surface area (TPSA) is 99.3 Å². The highest BCUT2D eigenvalue weighted by Crippen LogP contribution is 2.45. The first-order chi connectivity index (χ1) is 13.6. The van der Waals surface area contributed by atoms with Crippen molar-refractivity contribution < 1.29 is 13.2 Å². The van der Waals surface area contributed by atoms with Gasteiger partial charge < -0.3 is 16.5 Å². The van der Waals surface area contributed by atoms with Gasteiger partial charge in [-0.25, -0.2) is 18.0 Å². The Labute approximate surface area is 168 Å². The molecule has 2 unspecified atom stereocenters. The molecule has 1 aromatic carbocycles. The molecule has 11 heteroatoms. The van der Waals surface area contributed by atoms with Gasteiger partial charge in [-0.3, -0.25) is 9.36 Å². The highest BCUT2D eigenvalue weighted by molar-refractivity contribution is 6.38. The Morgan fingerprint density at radius 2 is 2.00 bits per heavy atom. The molecule has 0 spiro atoms. The lowest BCUT2D eigenvalue weighted by Gasteiger charge is -2.23. The summed E-state index contributed by atoms with van der Waals surface area (Å²) in [7, 11) is 0. The maximum Gasteiger partial charge on any atom is 0.350 e. The fraction of sp³-hybridized carbons (Fsp3) is 0.556. The van der Waals surface area contributed by atoms with Crippen molar-refractivity contribution in [3.8, 4) is 0 Å². The molecular weight excluding hydrogens is 411 g/mol. The summed E-state index contributed by atoms with van der Waals surface area (Å²) >= 11 is 6.45. The van der Waals surface area contributed by atoms with E-state index in [0.29, 0.717) is 17.5 Å². The van der Waals surface area contributed by atoms with Crippen molar-refractivity contribution in [1.29, 1.82) is 0 Å². The molecule has 7 nitrogen and oxygen atoms in total. The lowest BCUT2D eigenvalue weighted by atomic mass is 9.91. The van der Waals surface area contributed by atoms with E-state index in [1.165, 1.54) is 9.47 Å². The smallest absolute Gasteiger partial charge is 0.350 e. The lowest BCUT2D eigenvalue weighted by molar-refractivity contribution is -0.0382. The van der Waals surface area contributed by atoms with Gasteiger partial charge in [-0.2, -0.15) is 4.68 Å². The summed E-state index contributed by atoms with van der Waals surface area (Å²) in [5.41, 5.74) is 3.68. The predicted molar refractivity (Wildman–Crippen MR) is 105 cm³/mol. The molecule has 2 heterocycles. The molecular formula is C18H21ClF3N5O2. The van der Waals surface area contributed by atoms with Gasteiger partial charge in [0.25, 0.3) is 11.5 Å². The maximum absolute atomic E-state index is 15.0. The van der Waals surface area contributed by atoms with Crippen LogP contribution in [0.1, 0.15) is 25.8 Å². The number of benzene rings is 1. The van der Waals surface area contributed by atoms with Gasteiger partial charge in [-0.05, 0) is 31.4 Å². The Bertz CT molecular complexity index is 1110. The van der Waals surface area contributed by atoms with Crippen LogP contribution in [0.15, 0.2) is 15.7 Å². The zero-order valence-electron chi connectivity index (χ0n) is 15.7. The second kappa shape index (κ2) is 6.66. The number of halogens is 4. The first kappa shape index (κ1) is 20.1. The Morgan fingerprint density at radius 3 is 2.59 bits per heavy atom. The van der Waals surface area contributed by atoms with E-state index in [0.717, 1.165) is 6.07 Å². The number of alkyl halides is 2. The molecule has 29 heavy (non-hydrogen) atoms. The zero-order chi connectivity index (χ0) is 21.2. The van der Waals surface area contributed by atoms with Gasteiger partial charge in [0.05, 0.1) is 28.2 Å². The van der Waals surface area contributed by atoms with Crippen LogP contribution in [0, 0.1) is 17.7 Å². The molecule has 0 radical (unpaired) electrons. The van der Waals surface area contributed by atoms with Gasteiger partial charge in [0.1, 0.15) is 5.82 Å². The molecule has 1 aromatic heterocycles. The Morgan fingerprint density at radius 1 is 1.34 bits per heavy atom. The summed E-state index contributed by atoms with van der Waals surface area (Å²) in [5, 5.41) is -0.401. The largest absolute Gasteiger partial charge is 0.361 e. The molecule has 4 N–H and O–H groups in total. The summed E-state index contributed by atoms with van der Waals surface area (Å²) in [6.07, 6.45) is 1.35. The first-order valence-electron chi connectivity index (χ1n) is 9.35. The van der Waals surface area contributed by atoms with Crippen LogP contribution in [0.5, 0.6) is 0 Å². The van der Waals surface area contributed by atoms with E-state index in [1.54, 1.807) is 6.92 Å². The van der Waals surface area contributed by atoms with Crippen LogP contribution in [0.2, 0.25) is 5.02 Å². The molecule has 1 saturated carbocycles. The number of hydrogen-bond donors (Lipinski definition) is 2. The third-order valence-corrected chi connectivity index (χ3v) is 6.28. The van der Waals surface area contributed by atoms with E-state index in [4.69, 9.17) is 23.2 Å². The molecule has 2 aromatic rings. The standard InChI is InChI=1S/C18H21ClF3N5O2/c1-8(5-23)11-6-25(7-18(11,21)22)15-12(20)4-10-14(13(15)19)26(9-2-3-9)17(29)27(24)16(10)28/h4,8-9,11H,2-3,5-7,23-24H2,1H3. The number of aromatic nitrogens is 2. The van der Waals surface area contributed by atoms with Gasteiger partial charge in [0.15, 0.2) is 0 Å². The van der Waals surface area contributed by atoms with Crippen molar-refractivity contribution in [3.63, 3.8) is 0 Å². The van der Waals surface area contributed by atoms with Gasteiger partial charge in [0.2, 0.25) is 0 Å². The van der Waals surface area contributed by atoms with Gasteiger partial charge in [-0.1, -0.05) is 18.5 Å². The van der Waals surface area contributed by atoms with Gasteiger partial charge in [0, 0.05) is 18.5 Å². The molecule has 1 aliphatic carbocycles. The van der Waals surface area contributed by atoms with Gasteiger partial charge >= 0.3 is 5.69 Å². The molecule has 4 rings (SSSR count). The van der Waals surface area contributed by atoms with Crippen molar-refractivity contribution in [2.24, 2.45) is 17.6 Å². The second-order valence-electron chi connectivity index (χ2n) is 7.94. The van der Waals surface area contributed by atoms with E-state index >= 15 is 0 Å². The molecule has 1 aliphatic heterocycles. The summed E-state index contributed by atoms with van der Waals surface area (Å²) in [6.45, 7) is 0.815. The van der Waals surface area contributed by atoms with Crippen molar-refractivity contribution >= 4 is 28.2 Å². The molecule has 0 amide bonds. The third kappa shape index (κ3) is 3.00. The summed E-state index contributed by atoms with van der Waals surface area (Å²) in [6, 6.07) is 0.694. The van der Waals surface area contributed by atoms with Crippen LogP contribution in [-0.2, 0) is 0 Å². The van der Waals surface area contributed by atoms with Crippen LogP contribution in [-0.4, -0.2) is 34.8 Å². The number of anilines is 1. The fourth-order valence-electron chi connectivity index (χ4n) is 4.13. The first-order valence-corrected chi connectivity index (χ1v) is 9.73. The molecule has 2 atom stereocenters. The zero-order valence-corrected chi connectivity index (χ0v) is 16.4. The molecule has 158 valence electrons. The van der Waals surface area contributed by atoms with Crippen molar-refractivity contribution in [2.75, 3.05) is 30.4 Å². The van der Waals surface area contributed by atoms with Crippen LogP contribution in [0.4, 0.5) is 18.9 Å². The number of rotatable bonds is 4. The second-order valence-corrected chi connectivity index (χ2v) is 8.32. The molecule has 2 aliphatic rings. The van der Waals surface area contributed by atoms with Crippen molar-refractivity contribution in [3.05, 3.63) is 37.7 Å². The van der Waals surface area contributed by atoms with Crippen LogP contribution in [0.25, 0.3) is 10.9 Å². The van der Waals surface area contributed by atoms with E-state index in [2.05, 4.69) is 0 Å².